The van der Waals surface area contributed by atoms with Crippen molar-refractivity contribution < 1.29 is 37.0 Å². The van der Waals surface area contributed by atoms with Gasteiger partial charge in [-0.1, -0.05) is 26.0 Å². The molecular formula is C36H55FN4O7S. The molecule has 5 atom stereocenters. The molecular weight excluding hydrogens is 651 g/mol. The van der Waals surface area contributed by atoms with Crippen molar-refractivity contribution in [1.82, 2.24) is 14.1 Å². The molecule has 1 aromatic carbocycles. The molecule has 0 radical (unpaired) electrons. The Bertz CT molecular complexity index is 1450. The van der Waals surface area contributed by atoms with E-state index in [1.807, 2.05) is 59.0 Å². The second-order valence-corrected chi connectivity index (χ2v) is 16.0. The van der Waals surface area contributed by atoms with Crippen LogP contribution in [-0.4, -0.2) is 123 Å². The minimum Gasteiger partial charge on any atom is -0.457 e. The van der Waals surface area contributed by atoms with Crippen LogP contribution in [0, 0.1) is 17.7 Å². The van der Waals surface area contributed by atoms with Gasteiger partial charge in [0.2, 0.25) is 10.0 Å². The summed E-state index contributed by atoms with van der Waals surface area (Å²) in [4.78, 5) is 32.1. The van der Waals surface area contributed by atoms with E-state index in [2.05, 4.69) is 9.80 Å². The van der Waals surface area contributed by atoms with E-state index in [0.29, 0.717) is 75.2 Å². The lowest BCUT2D eigenvalue weighted by Gasteiger charge is -2.38. The smallest absolute Gasteiger partial charge is 0.410 e. The summed E-state index contributed by atoms with van der Waals surface area (Å²) in [5.74, 6) is -1.34. The molecule has 1 aromatic rings. The maximum absolute atomic E-state index is 15.1. The van der Waals surface area contributed by atoms with Crippen molar-refractivity contribution in [3.05, 3.63) is 47.3 Å². The Labute approximate surface area is 291 Å². The predicted octanol–water partition coefficient (Wildman–Crippen LogP) is 4.52. The van der Waals surface area contributed by atoms with E-state index in [1.165, 1.54) is 22.7 Å². The van der Waals surface area contributed by atoms with E-state index in [9.17, 15) is 23.1 Å². The van der Waals surface area contributed by atoms with Crippen molar-refractivity contribution in [3.63, 3.8) is 0 Å². The number of likely N-dealkylation sites (N-methyl/N-ethyl adjacent to an activating group) is 1. The Morgan fingerprint density at radius 1 is 1.06 bits per heavy atom. The van der Waals surface area contributed by atoms with Crippen molar-refractivity contribution in [2.24, 2.45) is 11.8 Å². The number of nitrogens with zero attached hydrogens (tertiary/aromatic N) is 4. The molecule has 13 heteroatoms. The second-order valence-electron chi connectivity index (χ2n) is 14.0. The Balaban J connectivity index is 1.56. The molecule has 0 aromatic heterocycles. The van der Waals surface area contributed by atoms with E-state index < -0.39 is 40.1 Å². The Hall–Kier alpha value is -3.00. The van der Waals surface area contributed by atoms with Crippen LogP contribution in [0.25, 0.3) is 6.08 Å². The number of ether oxygens (including phenoxy) is 2. The maximum Gasteiger partial charge on any atom is 0.410 e. The van der Waals surface area contributed by atoms with Gasteiger partial charge in [-0.15, -0.1) is 0 Å². The predicted molar refractivity (Wildman–Crippen MR) is 189 cm³/mol. The van der Waals surface area contributed by atoms with Gasteiger partial charge in [0.05, 0.1) is 18.8 Å². The molecule has 1 N–H and O–H groups in total. The topological polar surface area (TPSA) is 120 Å². The summed E-state index contributed by atoms with van der Waals surface area (Å²) in [6, 6.07) is 4.89. The first-order valence-electron chi connectivity index (χ1n) is 17.5. The zero-order chi connectivity index (χ0) is 35.9. The number of aliphatic hydroxyl groups excluding tert-OH is 1. The number of cyclic esters (lactones) is 1. The van der Waals surface area contributed by atoms with Crippen LogP contribution in [0.4, 0.5) is 14.9 Å². The normalized spacial score (nSPS) is 28.2. The van der Waals surface area contributed by atoms with Gasteiger partial charge in [-0.2, -0.15) is 0 Å². The number of carbonyl (C=O) groups is 2. The third-order valence-corrected chi connectivity index (χ3v) is 11.3. The first-order chi connectivity index (χ1) is 23.1. The minimum absolute atomic E-state index is 0.0623. The van der Waals surface area contributed by atoms with Gasteiger partial charge in [0.1, 0.15) is 18.0 Å². The molecule has 4 rings (SSSR count). The molecule has 11 nitrogen and oxygen atoms in total. The molecule has 0 bridgehead atoms. The van der Waals surface area contributed by atoms with Crippen LogP contribution < -0.4 is 4.90 Å². The van der Waals surface area contributed by atoms with Crippen molar-refractivity contribution in [2.45, 2.75) is 84.2 Å². The number of hydrogen-bond acceptors (Lipinski definition) is 9. The molecule has 0 saturated carbocycles. The summed E-state index contributed by atoms with van der Waals surface area (Å²) in [6.45, 7) is 11.9. The molecule has 49 heavy (non-hydrogen) atoms. The van der Waals surface area contributed by atoms with E-state index in [4.69, 9.17) is 9.47 Å². The SMILES string of the molecule is CCN(c1cc(F)cc(/C=C(\C)[C@H]2OC(=O)C[C@H](O)CC[C@H](C)[C@@H](OC(=O)N3CCN(C)CC3)/C=C/[C@@H]2C)c1)C1CCN(S(C)(=O)=O)CC1. The van der Waals surface area contributed by atoms with E-state index in [1.54, 1.807) is 4.90 Å². The first-order valence-corrected chi connectivity index (χ1v) is 19.4. The monoisotopic (exact) mass is 706 g/mol. The number of anilines is 1. The third-order valence-electron chi connectivity index (χ3n) is 10.0. The van der Waals surface area contributed by atoms with Gasteiger partial charge in [0.15, 0.2) is 0 Å². The number of rotatable bonds is 7. The number of piperazine rings is 1. The quantitative estimate of drug-likeness (QED) is 0.323. The summed E-state index contributed by atoms with van der Waals surface area (Å²) in [7, 11) is -1.24. The number of hydrogen-bond donors (Lipinski definition) is 1. The van der Waals surface area contributed by atoms with Crippen LogP contribution in [0.5, 0.6) is 0 Å². The number of benzene rings is 1. The molecule has 1 amide bonds. The summed E-state index contributed by atoms with van der Waals surface area (Å²) in [6.07, 6.45) is 6.32. The van der Waals surface area contributed by atoms with Crippen molar-refractivity contribution >= 4 is 33.8 Å². The Morgan fingerprint density at radius 2 is 1.73 bits per heavy atom. The molecule has 3 aliphatic heterocycles. The maximum atomic E-state index is 15.1. The standard InChI is InChI=1S/C36H55FN4O7S/c1-7-41(30-12-14-40(15-13-30)49(6,45)46)31-22-28(21-29(37)23-31)20-27(4)35-26(3)9-11-33(25(2)8-10-32(42)24-34(43)48-35)47-36(44)39-18-16-38(5)17-19-39/h9,11,20-23,25-26,30,32-33,35,42H,7-8,10,12-19,24H2,1-6H3/b11-9+,27-20+/t25-,26-,32+,33-,35-/m0/s1. The van der Waals surface area contributed by atoms with Crippen molar-refractivity contribution in [3.8, 4) is 0 Å². The van der Waals surface area contributed by atoms with Crippen molar-refractivity contribution in [2.75, 3.05) is 64.0 Å². The van der Waals surface area contributed by atoms with Gasteiger partial charge in [0, 0.05) is 63.5 Å². The molecule has 2 fully saturated rings. The summed E-state index contributed by atoms with van der Waals surface area (Å²) in [5.41, 5.74) is 1.99. The van der Waals surface area contributed by atoms with Crippen LogP contribution in [0.3, 0.4) is 0 Å². The number of piperidine rings is 1. The number of esters is 1. The lowest BCUT2D eigenvalue weighted by molar-refractivity contribution is -0.151. The molecule has 3 aliphatic rings. The average molecular weight is 707 g/mol. The third kappa shape index (κ3) is 11.0. The van der Waals surface area contributed by atoms with Gasteiger partial charge in [-0.05, 0) is 87.9 Å². The second kappa shape index (κ2) is 17.3. The van der Waals surface area contributed by atoms with Crippen LogP contribution in [0.1, 0.15) is 65.4 Å². The Morgan fingerprint density at radius 3 is 2.37 bits per heavy atom. The first kappa shape index (κ1) is 38.8. The van der Waals surface area contributed by atoms with Crippen LogP contribution in [-0.2, 0) is 24.3 Å². The highest BCUT2D eigenvalue weighted by Crippen LogP contribution is 2.29. The highest BCUT2D eigenvalue weighted by molar-refractivity contribution is 7.88. The number of carbonyl (C=O) groups excluding carboxylic acids is 2. The highest BCUT2D eigenvalue weighted by Gasteiger charge is 2.31. The zero-order valence-corrected chi connectivity index (χ0v) is 30.7. The van der Waals surface area contributed by atoms with E-state index >= 15 is 4.39 Å². The van der Waals surface area contributed by atoms with Crippen molar-refractivity contribution in [1.29, 1.82) is 0 Å². The average Bonchev–Trinajstić information content (AvgIpc) is 3.04. The summed E-state index contributed by atoms with van der Waals surface area (Å²) >= 11 is 0. The molecule has 0 aliphatic carbocycles. The number of halogens is 1. The van der Waals surface area contributed by atoms with E-state index in [0.717, 1.165) is 13.1 Å². The number of amides is 1. The van der Waals surface area contributed by atoms with E-state index in [-0.39, 0.29) is 30.4 Å². The van der Waals surface area contributed by atoms with Gasteiger partial charge < -0.3 is 29.3 Å². The molecule has 0 spiro atoms. The molecule has 2 saturated heterocycles. The number of aliphatic hydroxyl groups is 1. The van der Waals surface area contributed by atoms with Gasteiger partial charge in [-0.3, -0.25) is 4.79 Å². The summed E-state index contributed by atoms with van der Waals surface area (Å²) < 4.78 is 52.6. The highest BCUT2D eigenvalue weighted by atomic mass is 32.2. The number of sulfonamides is 1. The summed E-state index contributed by atoms with van der Waals surface area (Å²) in [5, 5.41) is 10.7. The molecule has 0 unspecified atom stereocenters. The zero-order valence-electron chi connectivity index (χ0n) is 29.9. The van der Waals surface area contributed by atoms with Gasteiger partial charge in [-0.25, -0.2) is 21.9 Å². The lowest BCUT2D eigenvalue weighted by atomic mass is 9.91. The van der Waals surface area contributed by atoms with Gasteiger partial charge >= 0.3 is 12.1 Å². The largest absolute Gasteiger partial charge is 0.457 e. The van der Waals surface area contributed by atoms with Crippen LogP contribution >= 0.6 is 0 Å². The minimum atomic E-state index is -3.26. The lowest BCUT2D eigenvalue weighted by Crippen LogP contribution is -2.48. The van der Waals surface area contributed by atoms with Crippen LogP contribution in [0.2, 0.25) is 0 Å². The van der Waals surface area contributed by atoms with Crippen LogP contribution in [0.15, 0.2) is 35.9 Å². The molecule has 3 heterocycles. The fraction of sp³-hybridized carbons (Fsp3) is 0.667. The fourth-order valence-electron chi connectivity index (χ4n) is 6.96. The fourth-order valence-corrected chi connectivity index (χ4v) is 7.83. The molecule has 274 valence electrons. The Kier molecular flexibility index (Phi) is 13.7. The van der Waals surface area contributed by atoms with Gasteiger partial charge in [0.25, 0.3) is 0 Å².